The molecule has 1 saturated heterocycles. The molecule has 0 saturated carbocycles. The summed E-state index contributed by atoms with van der Waals surface area (Å²) in [5, 5.41) is 2.17. The van der Waals surface area contributed by atoms with Crippen LogP contribution in [-0.4, -0.2) is 53.2 Å². The van der Waals surface area contributed by atoms with Gasteiger partial charge in [-0.15, -0.1) is 0 Å². The van der Waals surface area contributed by atoms with Gasteiger partial charge in [-0.3, -0.25) is 14.4 Å². The van der Waals surface area contributed by atoms with Crippen LogP contribution in [0.4, 0.5) is 18.9 Å². The van der Waals surface area contributed by atoms with Gasteiger partial charge in [-0.1, -0.05) is 6.92 Å². The van der Waals surface area contributed by atoms with Crippen molar-refractivity contribution in [2.75, 3.05) is 25.0 Å². The lowest BCUT2D eigenvalue weighted by molar-refractivity contribution is -0.139. The van der Waals surface area contributed by atoms with Crippen molar-refractivity contribution in [3.63, 3.8) is 0 Å². The molecule has 1 aromatic carbocycles. The van der Waals surface area contributed by atoms with Crippen LogP contribution in [0.25, 0.3) is 0 Å². The largest absolute Gasteiger partial charge is 0.459 e. The maximum Gasteiger partial charge on any atom is 0.290 e. The predicted octanol–water partition coefficient (Wildman–Crippen LogP) is 3.57. The number of piperidine rings is 1. The number of nitrogens with zero attached hydrogens (tertiary/aromatic N) is 2. The van der Waals surface area contributed by atoms with Crippen LogP contribution in [0.5, 0.6) is 0 Å². The number of anilines is 1. The standard InChI is InChI=1S/C22H24F3N3O4/c1-2-10-27(13-18(29)26-15-9-8-14(23)19(24)20(15)25)21(30)16-6-3-4-11-28(16)22(31)17-7-5-12-32-17/h5,7-9,12,16H,2-4,6,10-11,13H2,1H3,(H,26,29). The first-order valence-corrected chi connectivity index (χ1v) is 10.4. The Bertz CT molecular complexity index is 981. The van der Waals surface area contributed by atoms with Crippen molar-refractivity contribution in [3.8, 4) is 0 Å². The van der Waals surface area contributed by atoms with Crippen LogP contribution in [0, 0.1) is 17.5 Å². The van der Waals surface area contributed by atoms with Crippen LogP contribution in [0.1, 0.15) is 43.2 Å². The second-order valence-corrected chi connectivity index (χ2v) is 7.52. The number of nitrogens with one attached hydrogen (secondary N) is 1. The molecule has 1 N–H and O–H groups in total. The molecule has 3 amide bonds. The third-order valence-electron chi connectivity index (χ3n) is 5.23. The number of carbonyl (C=O) groups is 3. The Hall–Kier alpha value is -3.30. The molecule has 1 aliphatic rings. The summed E-state index contributed by atoms with van der Waals surface area (Å²) in [5.74, 6) is -6.05. The second kappa shape index (κ2) is 10.3. The molecule has 1 unspecified atom stereocenters. The van der Waals surface area contributed by atoms with Crippen LogP contribution in [0.15, 0.2) is 34.9 Å². The lowest BCUT2D eigenvalue weighted by Gasteiger charge is -2.37. The van der Waals surface area contributed by atoms with Gasteiger partial charge in [-0.2, -0.15) is 0 Å². The first-order chi connectivity index (χ1) is 15.3. The molecule has 1 aromatic heterocycles. The Morgan fingerprint density at radius 1 is 1.16 bits per heavy atom. The van der Waals surface area contributed by atoms with Gasteiger partial charge >= 0.3 is 0 Å². The molecule has 0 radical (unpaired) electrons. The third-order valence-corrected chi connectivity index (χ3v) is 5.23. The van der Waals surface area contributed by atoms with E-state index >= 15 is 0 Å². The molecule has 1 aliphatic heterocycles. The zero-order chi connectivity index (χ0) is 23.3. The molecular weight excluding hydrogens is 427 g/mol. The summed E-state index contributed by atoms with van der Waals surface area (Å²) in [5.41, 5.74) is -0.523. The normalized spacial score (nSPS) is 16.0. The number of rotatable bonds is 7. The fraction of sp³-hybridized carbons (Fsp3) is 0.409. The Balaban J connectivity index is 1.73. The van der Waals surface area contributed by atoms with Crippen LogP contribution in [-0.2, 0) is 9.59 Å². The molecule has 10 heteroatoms. The van der Waals surface area contributed by atoms with E-state index in [0.717, 1.165) is 18.9 Å². The third kappa shape index (κ3) is 5.12. The highest BCUT2D eigenvalue weighted by Crippen LogP contribution is 2.23. The zero-order valence-electron chi connectivity index (χ0n) is 17.6. The number of halogens is 3. The summed E-state index contributed by atoms with van der Waals surface area (Å²) < 4.78 is 45.6. The van der Waals surface area contributed by atoms with E-state index in [4.69, 9.17) is 4.42 Å². The van der Waals surface area contributed by atoms with Crippen LogP contribution >= 0.6 is 0 Å². The van der Waals surface area contributed by atoms with E-state index in [1.165, 1.54) is 22.1 Å². The quantitative estimate of drug-likeness (QED) is 0.653. The summed E-state index contributed by atoms with van der Waals surface area (Å²) in [6.07, 6.45) is 3.83. The van der Waals surface area contributed by atoms with Crippen molar-refractivity contribution in [1.82, 2.24) is 9.80 Å². The molecule has 0 bridgehead atoms. The average molecular weight is 451 g/mol. The number of carbonyl (C=O) groups excluding carboxylic acids is 3. The number of benzene rings is 1. The molecule has 7 nitrogen and oxygen atoms in total. The minimum Gasteiger partial charge on any atom is -0.459 e. The molecule has 2 aromatic rings. The summed E-state index contributed by atoms with van der Waals surface area (Å²) in [4.78, 5) is 41.2. The highest BCUT2D eigenvalue weighted by molar-refractivity contribution is 5.98. The maximum absolute atomic E-state index is 13.9. The molecule has 2 heterocycles. The predicted molar refractivity (Wildman–Crippen MR) is 109 cm³/mol. The van der Waals surface area contributed by atoms with Crippen molar-refractivity contribution in [3.05, 3.63) is 53.7 Å². The fourth-order valence-electron chi connectivity index (χ4n) is 3.71. The van der Waals surface area contributed by atoms with Crippen molar-refractivity contribution in [2.45, 2.75) is 38.6 Å². The van der Waals surface area contributed by atoms with Crippen molar-refractivity contribution in [1.29, 1.82) is 0 Å². The molecule has 3 rings (SSSR count). The van der Waals surface area contributed by atoms with Crippen molar-refractivity contribution >= 4 is 23.4 Å². The Morgan fingerprint density at radius 3 is 2.62 bits per heavy atom. The lowest BCUT2D eigenvalue weighted by atomic mass is 10.00. The van der Waals surface area contributed by atoms with E-state index in [1.54, 1.807) is 6.07 Å². The summed E-state index contributed by atoms with van der Waals surface area (Å²) in [6.45, 7) is 2.00. The van der Waals surface area contributed by atoms with Gasteiger partial charge in [0.1, 0.15) is 6.04 Å². The van der Waals surface area contributed by atoms with E-state index < -0.39 is 53.4 Å². The van der Waals surface area contributed by atoms with E-state index in [9.17, 15) is 27.6 Å². The van der Waals surface area contributed by atoms with Gasteiger partial charge in [0.15, 0.2) is 23.2 Å². The Labute approximate surface area is 183 Å². The van der Waals surface area contributed by atoms with E-state index in [-0.39, 0.29) is 12.3 Å². The van der Waals surface area contributed by atoms with Crippen molar-refractivity contribution in [2.24, 2.45) is 0 Å². The van der Waals surface area contributed by atoms with Gasteiger partial charge in [0.05, 0.1) is 18.5 Å². The number of hydrogen-bond acceptors (Lipinski definition) is 4. The zero-order valence-corrected chi connectivity index (χ0v) is 17.6. The number of amides is 3. The number of furan rings is 1. The smallest absolute Gasteiger partial charge is 0.290 e. The molecule has 0 aliphatic carbocycles. The highest BCUT2D eigenvalue weighted by Gasteiger charge is 2.36. The Kier molecular flexibility index (Phi) is 7.55. The molecule has 1 atom stereocenters. The average Bonchev–Trinajstić information content (AvgIpc) is 3.33. The minimum atomic E-state index is -1.70. The molecule has 1 fully saturated rings. The van der Waals surface area contributed by atoms with Crippen LogP contribution in [0.3, 0.4) is 0 Å². The van der Waals surface area contributed by atoms with Crippen molar-refractivity contribution < 1.29 is 32.0 Å². The van der Waals surface area contributed by atoms with Gasteiger partial charge in [0.2, 0.25) is 11.8 Å². The first kappa shape index (κ1) is 23.4. The molecular formula is C22H24F3N3O4. The molecule has 0 spiro atoms. The monoisotopic (exact) mass is 451 g/mol. The second-order valence-electron chi connectivity index (χ2n) is 7.52. The van der Waals surface area contributed by atoms with Gasteiger partial charge < -0.3 is 19.5 Å². The first-order valence-electron chi connectivity index (χ1n) is 10.4. The van der Waals surface area contributed by atoms with Crippen LogP contribution < -0.4 is 5.32 Å². The number of likely N-dealkylation sites (tertiary alicyclic amines) is 1. The molecule has 172 valence electrons. The minimum absolute atomic E-state index is 0.123. The van der Waals surface area contributed by atoms with Gasteiger partial charge in [0.25, 0.3) is 5.91 Å². The maximum atomic E-state index is 13.9. The molecule has 32 heavy (non-hydrogen) atoms. The summed E-state index contributed by atoms with van der Waals surface area (Å²) in [6, 6.07) is 3.94. The van der Waals surface area contributed by atoms with E-state index in [2.05, 4.69) is 5.32 Å². The highest BCUT2D eigenvalue weighted by atomic mass is 19.2. The van der Waals surface area contributed by atoms with Gasteiger partial charge in [-0.05, 0) is 49.9 Å². The van der Waals surface area contributed by atoms with Crippen LogP contribution in [0.2, 0.25) is 0 Å². The summed E-state index contributed by atoms with van der Waals surface area (Å²) >= 11 is 0. The van der Waals surface area contributed by atoms with E-state index in [0.29, 0.717) is 25.5 Å². The Morgan fingerprint density at radius 2 is 1.94 bits per heavy atom. The summed E-state index contributed by atoms with van der Waals surface area (Å²) in [7, 11) is 0. The SMILES string of the molecule is CCCN(CC(=O)Nc1ccc(F)c(F)c1F)C(=O)C1CCCCN1C(=O)c1ccco1. The van der Waals surface area contributed by atoms with Gasteiger partial charge in [0, 0.05) is 13.1 Å². The van der Waals surface area contributed by atoms with E-state index in [1.807, 2.05) is 6.92 Å². The topological polar surface area (TPSA) is 82.9 Å². The number of hydrogen-bond donors (Lipinski definition) is 1. The fourth-order valence-corrected chi connectivity index (χ4v) is 3.71. The van der Waals surface area contributed by atoms with Gasteiger partial charge in [-0.25, -0.2) is 13.2 Å². The lowest BCUT2D eigenvalue weighted by Crippen LogP contribution is -2.54.